The number of anilines is 3. The normalized spacial score (nSPS) is 14.1. The fourth-order valence-electron chi connectivity index (χ4n) is 4.36. The molecule has 3 heterocycles. The maximum Gasteiger partial charge on any atom is 0.277 e. The van der Waals surface area contributed by atoms with Crippen LogP contribution in [-0.2, 0) is 22.9 Å². The number of hydrogen-bond donors (Lipinski definition) is 2. The Morgan fingerprint density at radius 3 is 2.49 bits per heavy atom. The predicted molar refractivity (Wildman–Crippen MR) is 186 cm³/mol. The molecule has 3 aromatic heterocycles. The minimum absolute atomic E-state index is 0.0816. The lowest BCUT2D eigenvalue weighted by Gasteiger charge is -2.36. The van der Waals surface area contributed by atoms with Gasteiger partial charge in [-0.1, -0.05) is 40.4 Å². The maximum absolute atomic E-state index is 13.0. The van der Waals surface area contributed by atoms with E-state index < -0.39 is 16.4 Å². The van der Waals surface area contributed by atoms with Crippen LogP contribution in [0.2, 0.25) is 43.8 Å². The van der Waals surface area contributed by atoms with Gasteiger partial charge in [0.15, 0.2) is 19.9 Å². The largest absolute Gasteiger partial charge is 0.417 e. The highest BCUT2D eigenvalue weighted by molar-refractivity contribution is 6.76. The summed E-state index contributed by atoms with van der Waals surface area (Å²) < 4.78 is 15.4. The highest BCUT2D eigenvalue weighted by atomic mass is 28.4. The third-order valence-electron chi connectivity index (χ3n) is 8.58. The lowest BCUT2D eigenvalue weighted by atomic mass is 10.1. The van der Waals surface area contributed by atoms with Crippen molar-refractivity contribution in [3.63, 3.8) is 0 Å². The van der Waals surface area contributed by atoms with Crippen LogP contribution in [0.3, 0.4) is 0 Å². The molecule has 11 nitrogen and oxygen atoms in total. The van der Waals surface area contributed by atoms with E-state index in [2.05, 4.69) is 79.1 Å². The van der Waals surface area contributed by atoms with Crippen LogP contribution in [0.25, 0.3) is 11.4 Å². The van der Waals surface area contributed by atoms with Gasteiger partial charge in [0, 0.05) is 65.5 Å². The van der Waals surface area contributed by atoms with Crippen molar-refractivity contribution in [2.24, 2.45) is 13.0 Å². The standard InChI is InChI=1S/C32H51N7O4Si2/c1-32(2,3)45(8,9)43-16-10-14-33-26-19-28(35-20-24(26)29(40)23-11-12-23)36-27-13-15-34-30(37-27)25-21-39(38(4)31(25)41)22-42-17-18-44(5,6)7/h13,15,19-21,23H,10-12,14,16-18,22H2,1-9H3,(H2,33,34,35,36,37). The summed E-state index contributed by atoms with van der Waals surface area (Å²) >= 11 is 0. The number of ketones is 1. The fourth-order valence-corrected chi connectivity index (χ4v) is 6.20. The molecule has 13 heteroatoms. The van der Waals surface area contributed by atoms with Gasteiger partial charge in [-0.3, -0.25) is 19.0 Å². The molecule has 3 aromatic rings. The van der Waals surface area contributed by atoms with E-state index in [0.717, 1.165) is 31.0 Å². The number of aromatic nitrogens is 5. The van der Waals surface area contributed by atoms with Crippen molar-refractivity contribution in [1.82, 2.24) is 24.3 Å². The van der Waals surface area contributed by atoms with Crippen LogP contribution in [0.5, 0.6) is 0 Å². The molecule has 1 saturated carbocycles. The molecule has 1 fully saturated rings. The molecule has 45 heavy (non-hydrogen) atoms. The second-order valence-corrected chi connectivity index (χ2v) is 25.1. The lowest BCUT2D eigenvalue weighted by Crippen LogP contribution is -2.41. The molecule has 246 valence electrons. The van der Waals surface area contributed by atoms with Crippen molar-refractivity contribution in [3.05, 3.63) is 46.6 Å². The van der Waals surface area contributed by atoms with Crippen LogP contribution in [0.1, 0.15) is 50.4 Å². The van der Waals surface area contributed by atoms with E-state index >= 15 is 0 Å². The van der Waals surface area contributed by atoms with Gasteiger partial charge >= 0.3 is 0 Å². The van der Waals surface area contributed by atoms with Gasteiger partial charge in [0.25, 0.3) is 5.56 Å². The number of ether oxygens (including phenoxy) is 1. The van der Waals surface area contributed by atoms with Gasteiger partial charge in [0.2, 0.25) is 0 Å². The molecule has 0 aromatic carbocycles. The molecule has 0 saturated heterocycles. The Kier molecular flexibility index (Phi) is 10.9. The quantitative estimate of drug-likeness (QED) is 0.101. The maximum atomic E-state index is 13.0. The third kappa shape index (κ3) is 9.44. The average Bonchev–Trinajstić information content (AvgIpc) is 3.76. The summed E-state index contributed by atoms with van der Waals surface area (Å²) in [6.45, 7) is 20.4. The van der Waals surface area contributed by atoms with Crippen molar-refractivity contribution < 1.29 is 14.0 Å². The second-order valence-electron chi connectivity index (χ2n) is 14.7. The van der Waals surface area contributed by atoms with Crippen LogP contribution in [-0.4, -0.2) is 66.2 Å². The van der Waals surface area contributed by atoms with Crippen LogP contribution in [0.4, 0.5) is 17.3 Å². The highest BCUT2D eigenvalue weighted by Gasteiger charge is 2.37. The molecule has 1 aliphatic rings. The highest BCUT2D eigenvalue weighted by Crippen LogP contribution is 2.37. The monoisotopic (exact) mass is 653 g/mol. The third-order valence-corrected chi connectivity index (χ3v) is 14.8. The molecule has 4 rings (SSSR count). The van der Waals surface area contributed by atoms with E-state index in [1.54, 1.807) is 36.4 Å². The van der Waals surface area contributed by atoms with E-state index in [1.807, 2.05) is 6.07 Å². The molecule has 0 atom stereocenters. The minimum Gasteiger partial charge on any atom is -0.417 e. The minimum atomic E-state index is -1.81. The molecule has 1 aliphatic carbocycles. The first kappa shape index (κ1) is 34.7. The number of nitrogens with zero attached hydrogens (tertiary/aromatic N) is 5. The van der Waals surface area contributed by atoms with Crippen molar-refractivity contribution in [2.75, 3.05) is 30.4 Å². The number of carbonyl (C=O) groups is 1. The average molecular weight is 654 g/mol. The van der Waals surface area contributed by atoms with Gasteiger partial charge in [-0.05, 0) is 49.5 Å². The summed E-state index contributed by atoms with van der Waals surface area (Å²) in [6.07, 6.45) is 7.64. The molecule has 0 unspecified atom stereocenters. The Morgan fingerprint density at radius 2 is 1.82 bits per heavy atom. The van der Waals surface area contributed by atoms with Crippen LogP contribution in [0, 0.1) is 5.92 Å². The van der Waals surface area contributed by atoms with Gasteiger partial charge in [0.1, 0.15) is 23.9 Å². The zero-order valence-electron chi connectivity index (χ0n) is 28.5. The van der Waals surface area contributed by atoms with E-state index in [4.69, 9.17) is 9.16 Å². The number of pyridine rings is 1. The molecular formula is C32H51N7O4Si2. The number of carbonyl (C=O) groups excluding carboxylic acids is 1. The van der Waals surface area contributed by atoms with Gasteiger partial charge in [-0.15, -0.1) is 0 Å². The lowest BCUT2D eigenvalue weighted by molar-refractivity contribution is 0.0703. The summed E-state index contributed by atoms with van der Waals surface area (Å²) in [7, 11) is -1.31. The van der Waals surface area contributed by atoms with Gasteiger partial charge in [0.05, 0.1) is 11.3 Å². The molecule has 0 radical (unpaired) electrons. The second kappa shape index (κ2) is 14.1. The van der Waals surface area contributed by atoms with E-state index in [-0.39, 0.29) is 29.0 Å². The zero-order chi connectivity index (χ0) is 33.0. The number of rotatable bonds is 16. The van der Waals surface area contributed by atoms with Crippen molar-refractivity contribution in [2.45, 2.75) is 90.6 Å². The Hall–Kier alpha value is -3.14. The van der Waals surface area contributed by atoms with E-state index in [1.165, 1.54) is 4.68 Å². The number of Topliss-reactive ketones (excluding diaryl/α,β-unsaturated/α-hetero) is 1. The summed E-state index contributed by atoms with van der Waals surface area (Å²) in [5, 5.41) is 6.85. The Bertz CT molecular complexity index is 1540. The Labute approximate surface area is 269 Å². The molecule has 0 aliphatic heterocycles. The van der Waals surface area contributed by atoms with Crippen molar-refractivity contribution in [1.29, 1.82) is 0 Å². The first-order chi connectivity index (χ1) is 21.1. The first-order valence-electron chi connectivity index (χ1n) is 15.9. The van der Waals surface area contributed by atoms with Crippen molar-refractivity contribution >= 4 is 39.5 Å². The molecule has 0 spiro atoms. The molecule has 0 bridgehead atoms. The summed E-state index contributed by atoms with van der Waals surface area (Å²) in [5.74, 6) is 1.54. The van der Waals surface area contributed by atoms with Gasteiger partial charge in [-0.25, -0.2) is 15.0 Å². The Balaban J connectivity index is 1.45. The van der Waals surface area contributed by atoms with E-state index in [9.17, 15) is 9.59 Å². The van der Waals surface area contributed by atoms with Crippen LogP contribution < -0.4 is 16.2 Å². The topological polar surface area (TPSA) is 125 Å². The van der Waals surface area contributed by atoms with Crippen LogP contribution >= 0.6 is 0 Å². The summed E-state index contributed by atoms with van der Waals surface area (Å²) in [6, 6.07) is 4.62. The molecule has 0 amide bonds. The smallest absolute Gasteiger partial charge is 0.277 e. The van der Waals surface area contributed by atoms with Gasteiger partial charge in [-0.2, -0.15) is 0 Å². The SMILES string of the molecule is Cn1c(=O)c(-c2nccc(Nc3cc(NCCCO[Si](C)(C)C(C)(C)C)c(C(=O)C4CC4)cn3)n2)cn1COCC[Si](C)(C)C. The van der Waals surface area contributed by atoms with E-state index in [0.29, 0.717) is 48.3 Å². The van der Waals surface area contributed by atoms with Crippen molar-refractivity contribution in [3.8, 4) is 11.4 Å². The first-order valence-corrected chi connectivity index (χ1v) is 22.5. The fraction of sp³-hybridized carbons (Fsp3) is 0.594. The number of hydrogen-bond acceptors (Lipinski definition) is 9. The molecule has 2 N–H and O–H groups in total. The Morgan fingerprint density at radius 1 is 1.09 bits per heavy atom. The predicted octanol–water partition coefficient (Wildman–Crippen LogP) is 6.51. The molecular weight excluding hydrogens is 603 g/mol. The summed E-state index contributed by atoms with van der Waals surface area (Å²) in [5.41, 5.74) is 1.53. The van der Waals surface area contributed by atoms with Crippen LogP contribution in [0.15, 0.2) is 35.5 Å². The van der Waals surface area contributed by atoms with Gasteiger partial charge < -0.3 is 19.8 Å². The zero-order valence-corrected chi connectivity index (χ0v) is 30.5. The summed E-state index contributed by atoms with van der Waals surface area (Å²) in [4.78, 5) is 39.6. The number of nitrogens with one attached hydrogen (secondary N) is 2.